The first-order valence-corrected chi connectivity index (χ1v) is 9.93. The molecule has 1 spiro atoms. The minimum absolute atomic E-state index is 0.00573. The van der Waals surface area contributed by atoms with Gasteiger partial charge in [0.05, 0.1) is 6.54 Å². The van der Waals surface area contributed by atoms with Crippen molar-refractivity contribution in [3.8, 4) is 5.75 Å². The van der Waals surface area contributed by atoms with Crippen LogP contribution in [0.1, 0.15) is 34.2 Å². The topological polar surface area (TPSA) is 78.9 Å². The summed E-state index contributed by atoms with van der Waals surface area (Å²) in [6.45, 7) is 5.84. The van der Waals surface area contributed by atoms with Crippen LogP contribution in [0.15, 0.2) is 36.4 Å². The normalized spacial score (nSPS) is 21.4. The molecule has 1 aliphatic carbocycles. The predicted octanol–water partition coefficient (Wildman–Crippen LogP) is 2.75. The van der Waals surface area contributed by atoms with Gasteiger partial charge in [0, 0.05) is 0 Å². The summed E-state index contributed by atoms with van der Waals surface area (Å²) in [5.74, 6) is 0.442. The Hall–Kier alpha value is -2.86. The van der Waals surface area contributed by atoms with Crippen LogP contribution in [0.3, 0.4) is 0 Å². The number of benzene rings is 2. The molecule has 0 saturated carbocycles. The summed E-state index contributed by atoms with van der Waals surface area (Å²) in [5, 5.41) is 13.4. The Kier molecular flexibility index (Phi) is 4.82. The fourth-order valence-corrected chi connectivity index (χ4v) is 4.35. The Morgan fingerprint density at radius 3 is 2.66 bits per heavy atom. The van der Waals surface area contributed by atoms with E-state index in [4.69, 9.17) is 4.74 Å². The van der Waals surface area contributed by atoms with Crippen molar-refractivity contribution in [2.45, 2.75) is 45.3 Å². The van der Waals surface area contributed by atoms with Crippen molar-refractivity contribution >= 4 is 11.9 Å². The van der Waals surface area contributed by atoms with Crippen molar-refractivity contribution in [1.82, 2.24) is 10.2 Å². The second-order valence-corrected chi connectivity index (χ2v) is 8.03. The molecular weight excluding hydrogens is 368 g/mol. The highest BCUT2D eigenvalue weighted by Gasteiger charge is 2.55. The smallest absolute Gasteiger partial charge is 0.325 e. The molecule has 0 aromatic heterocycles. The van der Waals surface area contributed by atoms with E-state index in [9.17, 15) is 14.7 Å². The van der Waals surface area contributed by atoms with E-state index in [-0.39, 0.29) is 19.1 Å². The number of hydrogen-bond acceptors (Lipinski definition) is 4. The van der Waals surface area contributed by atoms with Gasteiger partial charge in [-0.25, -0.2) is 4.79 Å². The molecule has 0 radical (unpaired) electrons. The third-order valence-electron chi connectivity index (χ3n) is 6.11. The average molecular weight is 394 g/mol. The summed E-state index contributed by atoms with van der Waals surface area (Å²) >= 11 is 0. The van der Waals surface area contributed by atoms with E-state index in [2.05, 4.69) is 5.32 Å². The van der Waals surface area contributed by atoms with Crippen molar-refractivity contribution in [2.75, 3.05) is 13.2 Å². The van der Waals surface area contributed by atoms with Crippen LogP contribution >= 0.6 is 0 Å². The second kappa shape index (κ2) is 7.19. The van der Waals surface area contributed by atoms with Crippen LogP contribution < -0.4 is 10.1 Å². The maximum absolute atomic E-state index is 13.2. The molecule has 29 heavy (non-hydrogen) atoms. The summed E-state index contributed by atoms with van der Waals surface area (Å²) in [7, 11) is 0. The molecule has 0 unspecified atom stereocenters. The molecule has 1 fully saturated rings. The first-order chi connectivity index (χ1) is 13.8. The van der Waals surface area contributed by atoms with Crippen molar-refractivity contribution in [3.05, 3.63) is 64.2 Å². The molecule has 2 atom stereocenters. The van der Waals surface area contributed by atoms with Gasteiger partial charge in [0.25, 0.3) is 5.91 Å². The number of hydrogen-bond donors (Lipinski definition) is 2. The number of carbonyl (C=O) groups is 2. The number of aliphatic hydroxyl groups excluding tert-OH is 1. The molecule has 1 heterocycles. The standard InChI is InChI=1S/C23H26N2O4/c1-14-8-9-15(2)20(16(14)3)29-13-18(26)12-25-21(27)23(24-22(25)28)11-10-17-6-4-5-7-19(17)23/h4-9,18,26H,10-13H2,1-3H3,(H,24,28)/t18-,23-/m0/s1. The van der Waals surface area contributed by atoms with E-state index in [1.807, 2.05) is 57.2 Å². The van der Waals surface area contributed by atoms with Gasteiger partial charge in [0.1, 0.15) is 24.0 Å². The number of rotatable bonds is 5. The number of aliphatic hydroxyl groups is 1. The number of aryl methyl sites for hydroxylation is 3. The number of amides is 3. The van der Waals surface area contributed by atoms with Crippen LogP contribution in [-0.2, 0) is 16.8 Å². The van der Waals surface area contributed by atoms with Crippen molar-refractivity contribution in [2.24, 2.45) is 0 Å². The molecular formula is C23H26N2O4. The Morgan fingerprint density at radius 2 is 1.86 bits per heavy atom. The summed E-state index contributed by atoms with van der Waals surface area (Å²) < 4.78 is 5.84. The summed E-state index contributed by atoms with van der Waals surface area (Å²) in [6.07, 6.45) is 0.311. The van der Waals surface area contributed by atoms with E-state index in [0.717, 1.165) is 44.9 Å². The van der Waals surface area contributed by atoms with Gasteiger partial charge < -0.3 is 15.2 Å². The fourth-order valence-electron chi connectivity index (χ4n) is 4.35. The van der Waals surface area contributed by atoms with E-state index in [1.165, 1.54) is 0 Å². The highest BCUT2D eigenvalue weighted by atomic mass is 16.5. The zero-order valence-electron chi connectivity index (χ0n) is 17.0. The Balaban J connectivity index is 1.46. The molecule has 1 aliphatic heterocycles. The second-order valence-electron chi connectivity index (χ2n) is 8.03. The van der Waals surface area contributed by atoms with Crippen molar-refractivity contribution < 1.29 is 19.4 Å². The summed E-state index contributed by atoms with van der Waals surface area (Å²) in [5.41, 5.74) is 4.05. The van der Waals surface area contributed by atoms with E-state index in [1.54, 1.807) is 0 Å². The van der Waals surface area contributed by atoms with Crippen LogP contribution in [0.2, 0.25) is 0 Å². The first kappa shape index (κ1) is 19.5. The maximum atomic E-state index is 13.2. The Bertz CT molecular complexity index is 987. The number of imide groups is 1. The van der Waals surface area contributed by atoms with Gasteiger partial charge in [0.15, 0.2) is 0 Å². The van der Waals surface area contributed by atoms with Crippen LogP contribution in [0.5, 0.6) is 5.75 Å². The average Bonchev–Trinajstić information content (AvgIpc) is 3.18. The lowest BCUT2D eigenvalue weighted by atomic mass is 9.92. The number of nitrogens with one attached hydrogen (secondary N) is 1. The predicted molar refractivity (Wildman–Crippen MR) is 109 cm³/mol. The molecule has 2 aromatic rings. The van der Waals surface area contributed by atoms with Gasteiger partial charge in [-0.2, -0.15) is 0 Å². The molecule has 4 rings (SSSR count). The zero-order valence-corrected chi connectivity index (χ0v) is 17.0. The fraction of sp³-hybridized carbons (Fsp3) is 0.391. The molecule has 3 amide bonds. The molecule has 2 N–H and O–H groups in total. The monoisotopic (exact) mass is 394 g/mol. The lowest BCUT2D eigenvalue weighted by molar-refractivity contribution is -0.132. The quantitative estimate of drug-likeness (QED) is 0.765. The molecule has 2 aliphatic rings. The SMILES string of the molecule is Cc1ccc(C)c(OC[C@@H](O)CN2C(=O)N[C@]3(CCc4ccccc43)C2=O)c1C. The lowest BCUT2D eigenvalue weighted by Crippen LogP contribution is -2.43. The molecule has 0 bridgehead atoms. The van der Waals surface area contributed by atoms with Gasteiger partial charge in [-0.3, -0.25) is 9.69 Å². The number of fused-ring (bicyclic) bond motifs is 2. The molecule has 1 saturated heterocycles. The Labute approximate surface area is 170 Å². The van der Waals surface area contributed by atoms with Gasteiger partial charge >= 0.3 is 6.03 Å². The number of urea groups is 1. The molecule has 152 valence electrons. The highest BCUT2D eigenvalue weighted by molar-refractivity contribution is 6.08. The van der Waals surface area contributed by atoms with E-state index < -0.39 is 17.7 Å². The van der Waals surface area contributed by atoms with Gasteiger partial charge in [-0.15, -0.1) is 0 Å². The largest absolute Gasteiger partial charge is 0.490 e. The van der Waals surface area contributed by atoms with E-state index in [0.29, 0.717) is 6.42 Å². The summed E-state index contributed by atoms with van der Waals surface area (Å²) in [4.78, 5) is 26.8. The highest BCUT2D eigenvalue weighted by Crippen LogP contribution is 2.41. The van der Waals surface area contributed by atoms with Crippen LogP contribution in [-0.4, -0.2) is 41.2 Å². The molecule has 6 heteroatoms. The van der Waals surface area contributed by atoms with Gasteiger partial charge in [-0.05, 0) is 61.4 Å². The van der Waals surface area contributed by atoms with Crippen molar-refractivity contribution in [3.63, 3.8) is 0 Å². The number of ether oxygens (including phenoxy) is 1. The maximum Gasteiger partial charge on any atom is 0.325 e. The van der Waals surface area contributed by atoms with Crippen LogP contribution in [0.25, 0.3) is 0 Å². The van der Waals surface area contributed by atoms with Crippen LogP contribution in [0.4, 0.5) is 4.79 Å². The molecule has 6 nitrogen and oxygen atoms in total. The van der Waals surface area contributed by atoms with Crippen LogP contribution in [0, 0.1) is 20.8 Å². The zero-order chi connectivity index (χ0) is 20.8. The van der Waals surface area contributed by atoms with Gasteiger partial charge in [-0.1, -0.05) is 36.4 Å². The lowest BCUT2D eigenvalue weighted by Gasteiger charge is -2.23. The minimum Gasteiger partial charge on any atom is -0.490 e. The summed E-state index contributed by atoms with van der Waals surface area (Å²) in [6, 6.07) is 11.2. The number of β-amino-alcohol motifs (C(OH)–C–C–N with tert-alkyl or cyclic N) is 1. The third kappa shape index (κ3) is 3.17. The third-order valence-corrected chi connectivity index (χ3v) is 6.11. The van der Waals surface area contributed by atoms with Gasteiger partial charge in [0.2, 0.25) is 0 Å². The van der Waals surface area contributed by atoms with E-state index >= 15 is 0 Å². The number of carbonyl (C=O) groups excluding carboxylic acids is 2. The molecule has 2 aromatic carbocycles. The number of nitrogens with zero attached hydrogens (tertiary/aromatic N) is 1. The first-order valence-electron chi connectivity index (χ1n) is 9.93. The minimum atomic E-state index is -1.00. The Morgan fingerprint density at radius 1 is 1.14 bits per heavy atom. The van der Waals surface area contributed by atoms with Crippen molar-refractivity contribution in [1.29, 1.82) is 0 Å².